The molecule has 5 rings (SSSR count). The molecule has 0 amide bonds. The van der Waals surface area contributed by atoms with E-state index in [2.05, 4.69) is 4.99 Å². The number of aromatic nitrogens is 1. The van der Waals surface area contributed by atoms with Crippen molar-refractivity contribution in [2.24, 2.45) is 4.99 Å². The fourth-order valence-electron chi connectivity index (χ4n) is 4.23. The van der Waals surface area contributed by atoms with Gasteiger partial charge in [-0.15, -0.1) is 0 Å². The number of halogens is 1. The SMILES string of the molecule is COC(=O)C1=C(C)N=c2sc(=Cc3ccc(-c4ccccc4[N+](=O)[O-])o3)c(=O)n2C1c1ccccc1Cl. The van der Waals surface area contributed by atoms with E-state index in [0.717, 1.165) is 11.3 Å². The number of rotatable bonds is 5. The van der Waals surface area contributed by atoms with Crippen molar-refractivity contribution in [3.63, 3.8) is 0 Å². The first kappa shape index (κ1) is 24.4. The summed E-state index contributed by atoms with van der Waals surface area (Å²) >= 11 is 7.61. The molecule has 1 atom stereocenters. The van der Waals surface area contributed by atoms with Crippen LogP contribution in [0.5, 0.6) is 0 Å². The summed E-state index contributed by atoms with van der Waals surface area (Å²) in [7, 11) is 1.27. The van der Waals surface area contributed by atoms with Gasteiger partial charge in [-0.05, 0) is 36.8 Å². The number of thiazole rings is 1. The monoisotopic (exact) mass is 535 g/mol. The Bertz CT molecular complexity index is 1780. The first-order chi connectivity index (χ1) is 17.8. The molecule has 2 aromatic heterocycles. The summed E-state index contributed by atoms with van der Waals surface area (Å²) < 4.78 is 12.6. The number of furan rings is 1. The standard InChI is InChI=1S/C26H18ClN3O6S/c1-14-22(25(32)35-2)23(16-7-3-5-9-18(16)27)29-24(31)21(37-26(29)28-14)13-15-11-12-20(36-15)17-8-4-6-10-19(17)30(33)34/h3-13,23H,1-2H3. The van der Waals surface area contributed by atoms with Crippen LogP contribution in [0, 0.1) is 10.1 Å². The van der Waals surface area contributed by atoms with E-state index < -0.39 is 22.5 Å². The maximum absolute atomic E-state index is 13.6. The van der Waals surface area contributed by atoms with Gasteiger partial charge in [-0.3, -0.25) is 19.5 Å². The Morgan fingerprint density at radius 2 is 1.92 bits per heavy atom. The van der Waals surface area contributed by atoms with Crippen LogP contribution in [0.25, 0.3) is 17.4 Å². The number of para-hydroxylation sites is 1. The quantitative estimate of drug-likeness (QED) is 0.214. The molecule has 4 aromatic rings. The highest BCUT2D eigenvalue weighted by Gasteiger charge is 2.34. The number of fused-ring (bicyclic) bond motifs is 1. The number of methoxy groups -OCH3 is 1. The number of ether oxygens (including phenoxy) is 1. The molecule has 0 spiro atoms. The second-order valence-corrected chi connectivity index (χ2v) is 9.49. The summed E-state index contributed by atoms with van der Waals surface area (Å²) in [5.41, 5.74) is 1.03. The molecule has 0 saturated carbocycles. The van der Waals surface area contributed by atoms with Gasteiger partial charge in [0.15, 0.2) is 4.80 Å². The van der Waals surface area contributed by atoms with Gasteiger partial charge in [0.25, 0.3) is 11.2 Å². The van der Waals surface area contributed by atoms with Crippen LogP contribution in [-0.2, 0) is 9.53 Å². The van der Waals surface area contributed by atoms with E-state index in [9.17, 15) is 19.7 Å². The molecule has 37 heavy (non-hydrogen) atoms. The molecule has 0 bridgehead atoms. The first-order valence-electron chi connectivity index (χ1n) is 11.0. The third-order valence-corrected chi connectivity index (χ3v) is 7.22. The molecule has 0 fully saturated rings. The average molecular weight is 536 g/mol. The number of nitro benzene ring substituents is 1. The molecule has 2 aromatic carbocycles. The van der Waals surface area contributed by atoms with E-state index in [1.165, 1.54) is 17.7 Å². The van der Waals surface area contributed by atoms with Crippen LogP contribution < -0.4 is 14.9 Å². The number of hydrogen-bond acceptors (Lipinski definition) is 8. The summed E-state index contributed by atoms with van der Waals surface area (Å²) in [5.74, 6) is 0.0151. The zero-order valence-electron chi connectivity index (χ0n) is 19.5. The molecule has 0 aliphatic carbocycles. The maximum atomic E-state index is 13.6. The first-order valence-corrected chi connectivity index (χ1v) is 12.2. The Kier molecular flexibility index (Phi) is 6.36. The lowest BCUT2D eigenvalue weighted by molar-refractivity contribution is -0.384. The van der Waals surface area contributed by atoms with Crippen molar-refractivity contribution in [1.82, 2.24) is 4.57 Å². The number of benzene rings is 2. The summed E-state index contributed by atoms with van der Waals surface area (Å²) in [5, 5.41) is 11.8. The third-order valence-electron chi connectivity index (χ3n) is 5.89. The smallest absolute Gasteiger partial charge is 0.338 e. The zero-order valence-corrected chi connectivity index (χ0v) is 21.1. The van der Waals surface area contributed by atoms with Gasteiger partial charge in [-0.1, -0.05) is 53.3 Å². The predicted molar refractivity (Wildman–Crippen MR) is 138 cm³/mol. The van der Waals surface area contributed by atoms with Crippen LogP contribution >= 0.6 is 22.9 Å². The van der Waals surface area contributed by atoms with Crippen molar-refractivity contribution in [2.75, 3.05) is 7.11 Å². The summed E-state index contributed by atoms with van der Waals surface area (Å²) in [4.78, 5) is 42.2. The Morgan fingerprint density at radius 1 is 1.19 bits per heavy atom. The van der Waals surface area contributed by atoms with Crippen LogP contribution in [0.3, 0.4) is 0 Å². The number of allylic oxidation sites excluding steroid dienone is 1. The minimum atomic E-state index is -0.835. The zero-order chi connectivity index (χ0) is 26.3. The van der Waals surface area contributed by atoms with Crippen molar-refractivity contribution >= 4 is 40.7 Å². The minimum Gasteiger partial charge on any atom is -0.466 e. The molecule has 1 aliphatic rings. The number of esters is 1. The Morgan fingerprint density at radius 3 is 2.65 bits per heavy atom. The summed E-state index contributed by atoms with van der Waals surface area (Å²) in [6.07, 6.45) is 1.54. The molecule has 11 heteroatoms. The Labute approximate surface area is 218 Å². The molecular weight excluding hydrogens is 518 g/mol. The molecule has 9 nitrogen and oxygen atoms in total. The maximum Gasteiger partial charge on any atom is 0.338 e. The van der Waals surface area contributed by atoms with Gasteiger partial charge in [0.05, 0.1) is 33.4 Å². The van der Waals surface area contributed by atoms with Gasteiger partial charge < -0.3 is 9.15 Å². The van der Waals surface area contributed by atoms with Crippen molar-refractivity contribution in [3.05, 3.63) is 118 Å². The Balaban J connectivity index is 1.66. The van der Waals surface area contributed by atoms with Gasteiger partial charge in [-0.2, -0.15) is 0 Å². The number of carbonyl (C=O) groups is 1. The van der Waals surface area contributed by atoms with Gasteiger partial charge in [0, 0.05) is 17.2 Å². The van der Waals surface area contributed by atoms with E-state index in [0.29, 0.717) is 42.7 Å². The molecular formula is C26H18ClN3O6S. The highest BCUT2D eigenvalue weighted by molar-refractivity contribution is 7.07. The van der Waals surface area contributed by atoms with Crippen molar-refractivity contribution in [2.45, 2.75) is 13.0 Å². The van der Waals surface area contributed by atoms with E-state index >= 15 is 0 Å². The number of nitrogens with zero attached hydrogens (tertiary/aromatic N) is 3. The molecule has 0 N–H and O–H groups in total. The van der Waals surface area contributed by atoms with Gasteiger partial charge in [0.2, 0.25) is 0 Å². The van der Waals surface area contributed by atoms with Crippen molar-refractivity contribution in [3.8, 4) is 11.3 Å². The molecule has 3 heterocycles. The van der Waals surface area contributed by atoms with Crippen LogP contribution in [0.2, 0.25) is 5.02 Å². The summed E-state index contributed by atoms with van der Waals surface area (Å²) in [6.45, 7) is 1.68. The third kappa shape index (κ3) is 4.30. The predicted octanol–water partition coefficient (Wildman–Crippen LogP) is 4.23. The largest absolute Gasteiger partial charge is 0.466 e. The van der Waals surface area contributed by atoms with Crippen LogP contribution in [0.1, 0.15) is 24.3 Å². The van der Waals surface area contributed by atoms with E-state index in [1.807, 2.05) is 0 Å². The lowest BCUT2D eigenvalue weighted by Gasteiger charge is -2.25. The van der Waals surface area contributed by atoms with Crippen LogP contribution in [0.15, 0.2) is 86.1 Å². The van der Waals surface area contributed by atoms with E-state index in [4.69, 9.17) is 20.8 Å². The second-order valence-electron chi connectivity index (χ2n) is 8.07. The topological polar surface area (TPSA) is 117 Å². The molecule has 0 saturated heterocycles. The highest BCUT2D eigenvalue weighted by Crippen LogP contribution is 2.34. The van der Waals surface area contributed by atoms with Crippen molar-refractivity contribution < 1.29 is 18.9 Å². The fraction of sp³-hybridized carbons (Fsp3) is 0.115. The van der Waals surface area contributed by atoms with Gasteiger partial charge >= 0.3 is 5.97 Å². The molecule has 186 valence electrons. The summed E-state index contributed by atoms with van der Waals surface area (Å²) in [6, 6.07) is 15.6. The highest BCUT2D eigenvalue weighted by atomic mass is 35.5. The fourth-order valence-corrected chi connectivity index (χ4v) is 5.50. The normalized spacial score (nSPS) is 15.3. The second kappa shape index (κ2) is 9.64. The van der Waals surface area contributed by atoms with E-state index in [-0.39, 0.29) is 11.3 Å². The van der Waals surface area contributed by atoms with Crippen LogP contribution in [-0.4, -0.2) is 22.6 Å². The molecule has 1 unspecified atom stereocenters. The lowest BCUT2D eigenvalue weighted by atomic mass is 9.96. The van der Waals surface area contributed by atoms with Gasteiger partial charge in [-0.25, -0.2) is 9.79 Å². The molecule has 1 aliphatic heterocycles. The van der Waals surface area contributed by atoms with Crippen LogP contribution in [0.4, 0.5) is 5.69 Å². The number of carbonyl (C=O) groups excluding carboxylic acids is 1. The van der Waals surface area contributed by atoms with Gasteiger partial charge in [0.1, 0.15) is 17.6 Å². The lowest BCUT2D eigenvalue weighted by Crippen LogP contribution is -2.39. The Hall–Kier alpha value is -4.28. The number of hydrogen-bond donors (Lipinski definition) is 0. The van der Waals surface area contributed by atoms with Crippen molar-refractivity contribution in [1.29, 1.82) is 0 Å². The number of nitro groups is 1. The average Bonchev–Trinajstić information content (AvgIpc) is 3.47. The van der Waals surface area contributed by atoms with E-state index in [1.54, 1.807) is 67.6 Å². The molecule has 0 radical (unpaired) electrons. The minimum absolute atomic E-state index is 0.0895.